The number of H-pyrrole nitrogens is 1. The highest BCUT2D eigenvalue weighted by atomic mass is 19.1. The number of ether oxygens (including phenoxy) is 3. The number of benzene rings is 1. The fraction of sp³-hybridized carbons (Fsp3) is 0.500. The number of nitrogens with one attached hydrogen (secondary N) is 2. The number of halogens is 1. The second-order valence-electron chi connectivity index (χ2n) is 11.1. The highest BCUT2D eigenvalue weighted by molar-refractivity contribution is 6.08. The van der Waals surface area contributed by atoms with E-state index in [-0.39, 0.29) is 23.8 Å². The Bertz CT molecular complexity index is 1380. The number of likely N-dealkylation sites (tertiary alicyclic amines) is 1. The first kappa shape index (κ1) is 26.7. The van der Waals surface area contributed by atoms with Crippen LogP contribution in [-0.2, 0) is 4.74 Å². The van der Waals surface area contributed by atoms with Crippen LogP contribution in [0.4, 0.5) is 9.18 Å². The molecule has 11 heteroatoms. The fourth-order valence-corrected chi connectivity index (χ4v) is 4.66. The summed E-state index contributed by atoms with van der Waals surface area (Å²) in [7, 11) is 1.40. The molecule has 1 saturated heterocycles. The van der Waals surface area contributed by atoms with Crippen LogP contribution >= 0.6 is 0 Å². The van der Waals surface area contributed by atoms with Crippen molar-refractivity contribution in [2.75, 3.05) is 26.8 Å². The minimum Gasteiger partial charge on any atom is -0.494 e. The van der Waals surface area contributed by atoms with E-state index in [9.17, 15) is 14.0 Å². The van der Waals surface area contributed by atoms with Crippen LogP contribution in [0.15, 0.2) is 24.7 Å². The third-order valence-electron chi connectivity index (χ3n) is 6.80. The Morgan fingerprint density at radius 2 is 1.97 bits per heavy atom. The molecule has 5 rings (SSSR count). The number of aromatic nitrogens is 3. The van der Waals surface area contributed by atoms with Crippen molar-refractivity contribution in [3.05, 3.63) is 36.0 Å². The average Bonchev–Trinajstić information content (AvgIpc) is 3.62. The molecule has 1 atom stereocenters. The zero-order valence-electron chi connectivity index (χ0n) is 22.7. The van der Waals surface area contributed by atoms with E-state index in [0.717, 1.165) is 25.7 Å². The topological polar surface area (TPSA) is 119 Å². The second-order valence-corrected chi connectivity index (χ2v) is 11.1. The number of carbonyl (C=O) groups excluding carboxylic acids is 2. The molecule has 39 heavy (non-hydrogen) atoms. The second kappa shape index (κ2) is 10.7. The summed E-state index contributed by atoms with van der Waals surface area (Å²) >= 11 is 0. The van der Waals surface area contributed by atoms with Gasteiger partial charge in [0.05, 0.1) is 24.8 Å². The molecule has 2 amide bonds. The first-order valence-electron chi connectivity index (χ1n) is 13.2. The van der Waals surface area contributed by atoms with E-state index >= 15 is 0 Å². The Hall–Kier alpha value is -3.89. The van der Waals surface area contributed by atoms with E-state index in [2.05, 4.69) is 20.3 Å². The molecule has 2 aromatic heterocycles. The smallest absolute Gasteiger partial charge is 0.410 e. The molecule has 0 radical (unpaired) electrons. The number of aromatic amines is 1. The van der Waals surface area contributed by atoms with E-state index < -0.39 is 11.4 Å². The molecule has 2 fully saturated rings. The zero-order chi connectivity index (χ0) is 27.7. The lowest BCUT2D eigenvalue weighted by Crippen LogP contribution is -2.50. The molecule has 208 valence electrons. The minimum atomic E-state index is -0.591. The van der Waals surface area contributed by atoms with Gasteiger partial charge in [-0.25, -0.2) is 19.2 Å². The number of nitrogens with zero attached hydrogens (tertiary/aromatic N) is 3. The molecule has 0 unspecified atom stereocenters. The lowest BCUT2D eigenvalue weighted by molar-refractivity contribution is 0.0185. The van der Waals surface area contributed by atoms with Gasteiger partial charge in [0.25, 0.3) is 5.91 Å². The van der Waals surface area contributed by atoms with Crippen molar-refractivity contribution in [3.63, 3.8) is 0 Å². The molecule has 1 saturated carbocycles. The van der Waals surface area contributed by atoms with Gasteiger partial charge in [0, 0.05) is 37.0 Å². The van der Waals surface area contributed by atoms with Crippen LogP contribution in [-0.4, -0.2) is 70.3 Å². The molecule has 2 aliphatic rings. The monoisotopic (exact) mass is 539 g/mol. The van der Waals surface area contributed by atoms with Crippen LogP contribution in [0.25, 0.3) is 22.3 Å². The SMILES string of the molecule is COc1cc(-c2ncnc3c(C(=O)N[C@@H]4CCCN(C(=O)OC(C)(C)C)C4)c[nH]c23)c(OCC2CC2)cc1F. The van der Waals surface area contributed by atoms with E-state index in [4.69, 9.17) is 14.2 Å². The lowest BCUT2D eigenvalue weighted by Gasteiger charge is -2.34. The number of hydrogen-bond acceptors (Lipinski definition) is 7. The number of fused-ring (bicyclic) bond motifs is 1. The molecule has 2 N–H and O–H groups in total. The zero-order valence-corrected chi connectivity index (χ0v) is 22.7. The van der Waals surface area contributed by atoms with Crippen LogP contribution in [0.1, 0.15) is 56.8 Å². The van der Waals surface area contributed by atoms with Gasteiger partial charge in [-0.15, -0.1) is 0 Å². The summed E-state index contributed by atoms with van der Waals surface area (Å²) in [6.07, 6.45) is 6.24. The van der Waals surface area contributed by atoms with Gasteiger partial charge < -0.3 is 29.4 Å². The summed E-state index contributed by atoms with van der Waals surface area (Å²) in [5.41, 5.74) is 1.71. The van der Waals surface area contributed by atoms with Crippen LogP contribution < -0.4 is 14.8 Å². The fourth-order valence-electron chi connectivity index (χ4n) is 4.66. The first-order chi connectivity index (χ1) is 18.6. The third kappa shape index (κ3) is 6.07. The van der Waals surface area contributed by atoms with Crippen molar-refractivity contribution in [1.82, 2.24) is 25.2 Å². The largest absolute Gasteiger partial charge is 0.494 e. The molecule has 1 aliphatic heterocycles. The number of rotatable bonds is 7. The number of hydrogen-bond donors (Lipinski definition) is 2. The maximum absolute atomic E-state index is 14.6. The van der Waals surface area contributed by atoms with Crippen molar-refractivity contribution < 1.29 is 28.2 Å². The van der Waals surface area contributed by atoms with Gasteiger partial charge in [-0.3, -0.25) is 4.79 Å². The molecule has 1 aromatic carbocycles. The van der Waals surface area contributed by atoms with Crippen LogP contribution in [0.3, 0.4) is 0 Å². The summed E-state index contributed by atoms with van der Waals surface area (Å²) in [6, 6.07) is 2.63. The normalized spacial score (nSPS) is 17.7. The van der Waals surface area contributed by atoms with Crippen LogP contribution in [0.2, 0.25) is 0 Å². The first-order valence-corrected chi connectivity index (χ1v) is 13.2. The van der Waals surface area contributed by atoms with Gasteiger partial charge >= 0.3 is 6.09 Å². The van der Waals surface area contributed by atoms with E-state index in [1.165, 1.54) is 19.5 Å². The Morgan fingerprint density at radius 1 is 1.18 bits per heavy atom. The summed E-state index contributed by atoms with van der Waals surface area (Å²) in [5, 5.41) is 3.03. The number of amides is 2. The Kier molecular flexibility index (Phi) is 7.33. The van der Waals surface area contributed by atoms with E-state index in [0.29, 0.717) is 59.2 Å². The highest BCUT2D eigenvalue weighted by Gasteiger charge is 2.30. The quantitative estimate of drug-likeness (QED) is 0.447. The van der Waals surface area contributed by atoms with Gasteiger partial charge in [0.2, 0.25) is 0 Å². The van der Waals surface area contributed by atoms with Crippen molar-refractivity contribution in [2.45, 2.75) is 58.1 Å². The number of methoxy groups -OCH3 is 1. The predicted octanol–water partition coefficient (Wildman–Crippen LogP) is 4.69. The number of carbonyl (C=O) groups is 2. The molecule has 10 nitrogen and oxygen atoms in total. The summed E-state index contributed by atoms with van der Waals surface area (Å²) in [4.78, 5) is 39.4. The average molecular weight is 540 g/mol. The van der Waals surface area contributed by atoms with Gasteiger partial charge in [0.15, 0.2) is 11.6 Å². The Morgan fingerprint density at radius 3 is 2.69 bits per heavy atom. The highest BCUT2D eigenvalue weighted by Crippen LogP contribution is 2.39. The van der Waals surface area contributed by atoms with E-state index in [1.54, 1.807) is 17.2 Å². The van der Waals surface area contributed by atoms with Crippen molar-refractivity contribution in [2.24, 2.45) is 5.92 Å². The maximum atomic E-state index is 14.6. The lowest BCUT2D eigenvalue weighted by atomic mass is 10.1. The third-order valence-corrected chi connectivity index (χ3v) is 6.80. The number of piperidine rings is 1. The molecule has 0 bridgehead atoms. The van der Waals surface area contributed by atoms with Crippen molar-refractivity contribution >= 4 is 23.0 Å². The van der Waals surface area contributed by atoms with Gasteiger partial charge in [-0.1, -0.05) is 0 Å². The summed E-state index contributed by atoms with van der Waals surface area (Å²) in [5.74, 6) is 0.0398. The van der Waals surface area contributed by atoms with Gasteiger partial charge in [-0.2, -0.15) is 0 Å². The molecule has 0 spiro atoms. The molecule has 1 aliphatic carbocycles. The summed E-state index contributed by atoms with van der Waals surface area (Å²) in [6.45, 7) is 6.91. The predicted molar refractivity (Wildman–Crippen MR) is 142 cm³/mol. The van der Waals surface area contributed by atoms with Crippen LogP contribution in [0, 0.1) is 11.7 Å². The minimum absolute atomic E-state index is 0.0619. The summed E-state index contributed by atoms with van der Waals surface area (Å²) < 4.78 is 31.2. The Labute approximate surface area is 226 Å². The van der Waals surface area contributed by atoms with Gasteiger partial charge in [0.1, 0.15) is 28.9 Å². The maximum Gasteiger partial charge on any atom is 0.410 e. The molecular weight excluding hydrogens is 505 g/mol. The van der Waals surface area contributed by atoms with Gasteiger partial charge in [-0.05, 0) is 58.4 Å². The molecule has 3 aromatic rings. The van der Waals surface area contributed by atoms with Crippen LogP contribution in [0.5, 0.6) is 11.5 Å². The van der Waals surface area contributed by atoms with Crippen molar-refractivity contribution in [3.8, 4) is 22.8 Å². The standard InChI is InChI=1S/C28H34FN5O5/c1-28(2,3)39-27(36)34-9-5-6-17(13-34)33-26(35)19-12-30-25-23(31-15-32-24(19)25)18-10-22(37-4)20(29)11-21(18)38-14-16-7-8-16/h10-12,15-17,30H,5-9,13-14H2,1-4H3,(H,33,35)/t17-/m1/s1. The molecular formula is C28H34FN5O5. The van der Waals surface area contributed by atoms with E-state index in [1.807, 2.05) is 20.8 Å². The Balaban J connectivity index is 1.38. The van der Waals surface area contributed by atoms with Crippen molar-refractivity contribution in [1.29, 1.82) is 0 Å². The molecule has 3 heterocycles.